The van der Waals surface area contributed by atoms with Gasteiger partial charge in [0.1, 0.15) is 23.9 Å². The first kappa shape index (κ1) is 25.8. The molecule has 0 radical (unpaired) electrons. The predicted octanol–water partition coefficient (Wildman–Crippen LogP) is 4.89. The summed E-state index contributed by atoms with van der Waals surface area (Å²) in [6, 6.07) is 13.0. The van der Waals surface area contributed by atoms with Crippen molar-refractivity contribution in [3.63, 3.8) is 0 Å². The zero-order chi connectivity index (χ0) is 24.1. The summed E-state index contributed by atoms with van der Waals surface area (Å²) in [6.45, 7) is 9.47. The zero-order valence-electron chi connectivity index (χ0n) is 19.7. The standard InChI is InChI=1S/C27H32O6/c1-5-30-24-16-22(17-25(19-24)31-6-2)9-8-20(4)14-15-33-23-12-10-21(11-13-23)18-26(27(28)29)32-7-3/h10-14,16-17,19,26H,5-7,15,18H2,1-4H3,(H,28,29). The van der Waals surface area contributed by atoms with Crippen molar-refractivity contribution < 1.29 is 28.8 Å². The van der Waals surface area contributed by atoms with Crippen molar-refractivity contribution in [1.29, 1.82) is 0 Å². The molecule has 33 heavy (non-hydrogen) atoms. The number of hydrogen-bond acceptors (Lipinski definition) is 5. The first-order valence-electron chi connectivity index (χ1n) is 11.1. The maximum atomic E-state index is 11.2. The molecule has 2 aromatic rings. The van der Waals surface area contributed by atoms with Gasteiger partial charge in [-0.1, -0.05) is 24.0 Å². The lowest BCUT2D eigenvalue weighted by Gasteiger charge is -2.12. The molecule has 0 fully saturated rings. The van der Waals surface area contributed by atoms with Gasteiger partial charge < -0.3 is 24.1 Å². The fraction of sp³-hybridized carbons (Fsp3) is 0.370. The van der Waals surface area contributed by atoms with Gasteiger partial charge in [0.25, 0.3) is 0 Å². The maximum Gasteiger partial charge on any atom is 0.333 e. The Morgan fingerprint density at radius 1 is 0.939 bits per heavy atom. The molecule has 0 heterocycles. The second kappa shape index (κ2) is 13.9. The van der Waals surface area contributed by atoms with E-state index in [1.807, 2.05) is 69.3 Å². The van der Waals surface area contributed by atoms with Crippen molar-refractivity contribution in [3.8, 4) is 29.1 Å². The Balaban J connectivity index is 1.95. The number of hydrogen-bond donors (Lipinski definition) is 1. The van der Waals surface area contributed by atoms with Gasteiger partial charge in [0.15, 0.2) is 6.10 Å². The van der Waals surface area contributed by atoms with Crippen LogP contribution >= 0.6 is 0 Å². The molecule has 1 atom stereocenters. The summed E-state index contributed by atoms with van der Waals surface area (Å²) in [5.41, 5.74) is 2.58. The van der Waals surface area contributed by atoms with Crippen LogP contribution in [-0.4, -0.2) is 43.6 Å². The van der Waals surface area contributed by atoms with Crippen LogP contribution in [0.3, 0.4) is 0 Å². The molecule has 1 N–H and O–H groups in total. The minimum Gasteiger partial charge on any atom is -0.494 e. The highest BCUT2D eigenvalue weighted by Gasteiger charge is 2.17. The summed E-state index contributed by atoms with van der Waals surface area (Å²) in [5, 5.41) is 9.20. The van der Waals surface area contributed by atoms with Crippen LogP contribution in [0.1, 0.15) is 38.8 Å². The molecule has 0 aromatic heterocycles. The normalized spacial score (nSPS) is 11.8. The quantitative estimate of drug-likeness (QED) is 0.462. The van der Waals surface area contributed by atoms with Gasteiger partial charge in [0.05, 0.1) is 13.2 Å². The van der Waals surface area contributed by atoms with E-state index in [-0.39, 0.29) is 0 Å². The Morgan fingerprint density at radius 3 is 2.12 bits per heavy atom. The van der Waals surface area contributed by atoms with Crippen LogP contribution in [0.5, 0.6) is 17.2 Å². The fourth-order valence-corrected chi connectivity index (χ4v) is 2.98. The summed E-state index contributed by atoms with van der Waals surface area (Å²) in [7, 11) is 0. The van der Waals surface area contributed by atoms with E-state index < -0.39 is 12.1 Å². The number of allylic oxidation sites excluding steroid dienone is 1. The van der Waals surface area contributed by atoms with Gasteiger partial charge in [-0.25, -0.2) is 4.79 Å². The molecule has 6 nitrogen and oxygen atoms in total. The molecule has 0 bridgehead atoms. The van der Waals surface area contributed by atoms with Gasteiger partial charge in [-0.05, 0) is 69.2 Å². The van der Waals surface area contributed by atoms with E-state index in [0.717, 1.165) is 28.2 Å². The van der Waals surface area contributed by atoms with Crippen molar-refractivity contribution >= 4 is 5.97 Å². The molecule has 0 aliphatic carbocycles. The van der Waals surface area contributed by atoms with Crippen LogP contribution in [-0.2, 0) is 16.0 Å². The smallest absolute Gasteiger partial charge is 0.333 e. The van der Waals surface area contributed by atoms with Crippen LogP contribution in [0, 0.1) is 11.8 Å². The van der Waals surface area contributed by atoms with E-state index in [0.29, 0.717) is 38.6 Å². The van der Waals surface area contributed by atoms with Crippen LogP contribution in [0.4, 0.5) is 0 Å². The van der Waals surface area contributed by atoms with Crippen molar-refractivity contribution in [2.24, 2.45) is 0 Å². The number of rotatable bonds is 12. The molecule has 2 aromatic carbocycles. The number of ether oxygens (including phenoxy) is 4. The first-order valence-corrected chi connectivity index (χ1v) is 11.1. The molecule has 2 rings (SSSR count). The minimum atomic E-state index is -0.961. The van der Waals surface area contributed by atoms with Crippen LogP contribution < -0.4 is 14.2 Å². The van der Waals surface area contributed by atoms with Crippen LogP contribution in [0.2, 0.25) is 0 Å². The monoisotopic (exact) mass is 452 g/mol. The lowest BCUT2D eigenvalue weighted by atomic mass is 10.1. The molecule has 0 saturated carbocycles. The summed E-state index contributed by atoms with van der Waals surface area (Å²) in [5.74, 6) is 7.47. The van der Waals surface area contributed by atoms with E-state index in [1.54, 1.807) is 6.92 Å². The summed E-state index contributed by atoms with van der Waals surface area (Å²) in [4.78, 5) is 11.2. The molecule has 6 heteroatoms. The number of carboxylic acid groups (broad SMARTS) is 1. The molecule has 0 amide bonds. The van der Waals surface area contributed by atoms with E-state index in [2.05, 4.69) is 11.8 Å². The van der Waals surface area contributed by atoms with Gasteiger partial charge in [0, 0.05) is 24.7 Å². The van der Waals surface area contributed by atoms with Gasteiger partial charge in [-0.3, -0.25) is 0 Å². The Kier molecular flexibility index (Phi) is 10.9. The van der Waals surface area contributed by atoms with Crippen molar-refractivity contribution in [2.75, 3.05) is 26.4 Å². The van der Waals surface area contributed by atoms with E-state index >= 15 is 0 Å². The molecule has 0 spiro atoms. The second-order valence-electron chi connectivity index (χ2n) is 7.14. The fourth-order valence-electron chi connectivity index (χ4n) is 2.98. The van der Waals surface area contributed by atoms with E-state index in [4.69, 9.17) is 18.9 Å². The minimum absolute atomic E-state index is 0.313. The highest BCUT2D eigenvalue weighted by molar-refractivity contribution is 5.72. The van der Waals surface area contributed by atoms with Crippen molar-refractivity contribution in [3.05, 3.63) is 65.2 Å². The highest BCUT2D eigenvalue weighted by atomic mass is 16.5. The van der Waals surface area contributed by atoms with Crippen molar-refractivity contribution in [2.45, 2.75) is 40.2 Å². The SMILES string of the molecule is CCOc1cc(C#CC(C)=CCOc2ccc(CC(OCC)C(=O)O)cc2)cc(OCC)c1. The Labute approximate surface area is 196 Å². The molecule has 0 aliphatic rings. The van der Waals surface area contributed by atoms with E-state index in [1.165, 1.54) is 0 Å². The zero-order valence-corrected chi connectivity index (χ0v) is 19.7. The largest absolute Gasteiger partial charge is 0.494 e. The Bertz CT molecular complexity index is 958. The van der Waals surface area contributed by atoms with Crippen LogP contribution in [0.25, 0.3) is 0 Å². The summed E-state index contributed by atoms with van der Waals surface area (Å²) >= 11 is 0. The summed E-state index contributed by atoms with van der Waals surface area (Å²) < 4.78 is 22.2. The molecule has 1 unspecified atom stereocenters. The average molecular weight is 453 g/mol. The maximum absolute atomic E-state index is 11.2. The van der Waals surface area contributed by atoms with Gasteiger partial charge >= 0.3 is 5.97 Å². The molecular weight excluding hydrogens is 420 g/mol. The first-order chi connectivity index (χ1) is 15.9. The second-order valence-corrected chi connectivity index (χ2v) is 7.14. The molecule has 0 saturated heterocycles. The molecule has 176 valence electrons. The Hall–Kier alpha value is -3.43. The topological polar surface area (TPSA) is 74.2 Å². The third-order valence-corrected chi connectivity index (χ3v) is 4.53. The number of aliphatic carboxylic acids is 1. The van der Waals surface area contributed by atoms with Gasteiger partial charge in [-0.2, -0.15) is 0 Å². The lowest BCUT2D eigenvalue weighted by Crippen LogP contribution is -2.26. The highest BCUT2D eigenvalue weighted by Crippen LogP contribution is 2.23. The lowest BCUT2D eigenvalue weighted by molar-refractivity contribution is -0.149. The third-order valence-electron chi connectivity index (χ3n) is 4.53. The average Bonchev–Trinajstić information content (AvgIpc) is 2.79. The van der Waals surface area contributed by atoms with Gasteiger partial charge in [0.2, 0.25) is 0 Å². The van der Waals surface area contributed by atoms with Crippen LogP contribution in [0.15, 0.2) is 54.1 Å². The molecule has 0 aliphatic heterocycles. The number of benzene rings is 2. The predicted molar refractivity (Wildman–Crippen MR) is 128 cm³/mol. The van der Waals surface area contributed by atoms with Crippen molar-refractivity contribution in [1.82, 2.24) is 0 Å². The Morgan fingerprint density at radius 2 is 1.58 bits per heavy atom. The number of carbonyl (C=O) groups is 1. The molecular formula is C27H32O6. The van der Waals surface area contributed by atoms with E-state index in [9.17, 15) is 9.90 Å². The number of carboxylic acids is 1. The summed E-state index contributed by atoms with van der Waals surface area (Å²) in [6.07, 6.45) is 1.38. The van der Waals surface area contributed by atoms with Gasteiger partial charge in [-0.15, -0.1) is 0 Å². The third kappa shape index (κ3) is 9.30.